The first-order chi connectivity index (χ1) is 9.74. The van der Waals surface area contributed by atoms with Crippen LogP contribution >= 0.6 is 11.8 Å². The third kappa shape index (κ3) is 1.93. The SMILES string of the molecule is CCSc1cccc2c1C(=O)N(c1ccccc1)C2=O. The average molecular weight is 283 g/mol. The second-order valence-electron chi connectivity index (χ2n) is 4.39. The number of benzene rings is 2. The lowest BCUT2D eigenvalue weighted by Crippen LogP contribution is -2.29. The molecule has 1 aliphatic rings. The number of carbonyl (C=O) groups excluding carboxylic acids is 2. The second kappa shape index (κ2) is 5.13. The molecule has 1 aliphatic heterocycles. The summed E-state index contributed by atoms with van der Waals surface area (Å²) in [5, 5.41) is 0. The minimum atomic E-state index is -0.241. The molecular formula is C16H13NO2S. The molecule has 1 heterocycles. The van der Waals surface area contributed by atoms with Crippen molar-refractivity contribution in [1.29, 1.82) is 0 Å². The van der Waals surface area contributed by atoms with Gasteiger partial charge in [-0.2, -0.15) is 0 Å². The van der Waals surface area contributed by atoms with Crippen molar-refractivity contribution in [2.24, 2.45) is 0 Å². The molecule has 2 amide bonds. The van der Waals surface area contributed by atoms with Crippen molar-refractivity contribution in [3.8, 4) is 0 Å². The number of carbonyl (C=O) groups is 2. The van der Waals surface area contributed by atoms with Crippen LogP contribution in [0, 0.1) is 0 Å². The minimum absolute atomic E-state index is 0.229. The maximum Gasteiger partial charge on any atom is 0.267 e. The van der Waals surface area contributed by atoms with E-state index in [1.165, 1.54) is 4.90 Å². The van der Waals surface area contributed by atoms with E-state index in [0.717, 1.165) is 10.6 Å². The number of hydrogen-bond donors (Lipinski definition) is 0. The van der Waals surface area contributed by atoms with Gasteiger partial charge in [0.05, 0.1) is 16.8 Å². The number of imide groups is 1. The lowest BCUT2D eigenvalue weighted by molar-refractivity contribution is 0.0925. The van der Waals surface area contributed by atoms with Crippen LogP contribution in [-0.2, 0) is 0 Å². The van der Waals surface area contributed by atoms with E-state index >= 15 is 0 Å². The van der Waals surface area contributed by atoms with Crippen LogP contribution in [-0.4, -0.2) is 17.6 Å². The second-order valence-corrected chi connectivity index (χ2v) is 5.70. The van der Waals surface area contributed by atoms with Crippen molar-refractivity contribution in [3.63, 3.8) is 0 Å². The van der Waals surface area contributed by atoms with Gasteiger partial charge in [0.15, 0.2) is 0 Å². The Kier molecular flexibility index (Phi) is 3.32. The number of para-hydroxylation sites is 1. The minimum Gasteiger partial charge on any atom is -0.268 e. The Morgan fingerprint density at radius 2 is 1.70 bits per heavy atom. The van der Waals surface area contributed by atoms with Gasteiger partial charge in [0.2, 0.25) is 0 Å². The summed E-state index contributed by atoms with van der Waals surface area (Å²) in [4.78, 5) is 27.2. The Labute approximate surface area is 121 Å². The van der Waals surface area contributed by atoms with E-state index < -0.39 is 0 Å². The zero-order valence-electron chi connectivity index (χ0n) is 11.0. The summed E-state index contributed by atoms with van der Waals surface area (Å²) < 4.78 is 0. The monoisotopic (exact) mass is 283 g/mol. The van der Waals surface area contributed by atoms with Crippen LogP contribution in [0.4, 0.5) is 5.69 Å². The number of rotatable bonds is 3. The van der Waals surface area contributed by atoms with Crippen molar-refractivity contribution < 1.29 is 9.59 Å². The van der Waals surface area contributed by atoms with Crippen LogP contribution in [0.3, 0.4) is 0 Å². The highest BCUT2D eigenvalue weighted by Gasteiger charge is 2.38. The Morgan fingerprint density at radius 3 is 2.40 bits per heavy atom. The third-order valence-electron chi connectivity index (χ3n) is 3.19. The normalized spacial score (nSPS) is 13.8. The molecule has 4 heteroatoms. The van der Waals surface area contributed by atoms with Gasteiger partial charge in [-0.15, -0.1) is 11.8 Å². The highest BCUT2D eigenvalue weighted by Crippen LogP contribution is 2.34. The Bertz CT molecular complexity index is 682. The number of nitrogens with zero attached hydrogens (tertiary/aromatic N) is 1. The van der Waals surface area contributed by atoms with Crippen LogP contribution in [0.2, 0.25) is 0 Å². The summed E-state index contributed by atoms with van der Waals surface area (Å²) in [6.07, 6.45) is 0. The average Bonchev–Trinajstić information content (AvgIpc) is 2.73. The van der Waals surface area contributed by atoms with Crippen LogP contribution in [0.5, 0.6) is 0 Å². The molecule has 0 saturated heterocycles. The summed E-state index contributed by atoms with van der Waals surface area (Å²) in [6.45, 7) is 2.03. The van der Waals surface area contributed by atoms with Gasteiger partial charge in [0.1, 0.15) is 0 Å². The fourth-order valence-corrected chi connectivity index (χ4v) is 3.17. The Hall–Kier alpha value is -2.07. The summed E-state index contributed by atoms with van der Waals surface area (Å²) in [6, 6.07) is 14.5. The zero-order chi connectivity index (χ0) is 14.1. The van der Waals surface area contributed by atoms with Crippen LogP contribution < -0.4 is 4.90 Å². The molecule has 0 aromatic heterocycles. The first kappa shape index (κ1) is 12.9. The van der Waals surface area contributed by atoms with Gasteiger partial charge in [0, 0.05) is 4.90 Å². The number of amides is 2. The molecule has 0 unspecified atom stereocenters. The van der Waals surface area contributed by atoms with Gasteiger partial charge >= 0.3 is 0 Å². The van der Waals surface area contributed by atoms with E-state index in [0.29, 0.717) is 16.8 Å². The van der Waals surface area contributed by atoms with Gasteiger partial charge in [-0.25, -0.2) is 4.90 Å². The molecule has 0 radical (unpaired) electrons. The van der Waals surface area contributed by atoms with Gasteiger partial charge < -0.3 is 0 Å². The molecule has 3 rings (SSSR count). The van der Waals surface area contributed by atoms with E-state index in [-0.39, 0.29) is 11.8 Å². The maximum absolute atomic E-state index is 12.6. The molecule has 0 fully saturated rings. The topological polar surface area (TPSA) is 37.4 Å². The molecule has 0 atom stereocenters. The van der Waals surface area contributed by atoms with Crippen molar-refractivity contribution in [2.45, 2.75) is 11.8 Å². The fourth-order valence-electron chi connectivity index (χ4n) is 2.34. The van der Waals surface area contributed by atoms with E-state index in [1.54, 1.807) is 30.0 Å². The molecule has 0 spiro atoms. The number of anilines is 1. The molecular weight excluding hydrogens is 270 g/mol. The van der Waals surface area contributed by atoms with Crippen molar-refractivity contribution in [1.82, 2.24) is 0 Å². The van der Waals surface area contributed by atoms with Gasteiger partial charge in [-0.1, -0.05) is 31.2 Å². The van der Waals surface area contributed by atoms with Gasteiger partial charge in [-0.05, 0) is 30.0 Å². The molecule has 0 N–H and O–H groups in total. The lowest BCUT2D eigenvalue weighted by atomic mass is 10.1. The van der Waals surface area contributed by atoms with Crippen molar-refractivity contribution in [3.05, 3.63) is 59.7 Å². The van der Waals surface area contributed by atoms with Crippen LogP contribution in [0.1, 0.15) is 27.6 Å². The highest BCUT2D eigenvalue weighted by molar-refractivity contribution is 7.99. The molecule has 100 valence electrons. The van der Waals surface area contributed by atoms with Crippen LogP contribution in [0.25, 0.3) is 0 Å². The predicted octanol–water partition coefficient (Wildman–Crippen LogP) is 3.60. The molecule has 3 nitrogen and oxygen atoms in total. The largest absolute Gasteiger partial charge is 0.268 e. The maximum atomic E-state index is 12.6. The molecule has 0 saturated carbocycles. The summed E-state index contributed by atoms with van der Waals surface area (Å²) in [5.74, 6) is 0.394. The standard InChI is InChI=1S/C16H13NO2S/c1-2-20-13-10-6-9-12-14(13)16(19)17(15(12)18)11-7-4-3-5-8-11/h3-10H,2H2,1H3. The fraction of sp³-hybridized carbons (Fsp3) is 0.125. The summed E-state index contributed by atoms with van der Waals surface area (Å²) in [7, 11) is 0. The van der Waals surface area contributed by atoms with E-state index in [9.17, 15) is 9.59 Å². The number of fused-ring (bicyclic) bond motifs is 1. The lowest BCUT2D eigenvalue weighted by Gasteiger charge is -2.13. The molecule has 2 aromatic carbocycles. The number of hydrogen-bond acceptors (Lipinski definition) is 3. The molecule has 0 aliphatic carbocycles. The molecule has 20 heavy (non-hydrogen) atoms. The van der Waals surface area contributed by atoms with E-state index in [4.69, 9.17) is 0 Å². The number of thioether (sulfide) groups is 1. The Balaban J connectivity index is 2.11. The Morgan fingerprint density at radius 1 is 0.950 bits per heavy atom. The van der Waals surface area contributed by atoms with Crippen molar-refractivity contribution in [2.75, 3.05) is 10.7 Å². The van der Waals surface area contributed by atoms with Crippen molar-refractivity contribution >= 4 is 29.3 Å². The molecule has 0 bridgehead atoms. The first-order valence-electron chi connectivity index (χ1n) is 6.43. The van der Waals surface area contributed by atoms with Crippen LogP contribution in [0.15, 0.2) is 53.4 Å². The van der Waals surface area contributed by atoms with E-state index in [1.807, 2.05) is 37.3 Å². The zero-order valence-corrected chi connectivity index (χ0v) is 11.8. The van der Waals surface area contributed by atoms with E-state index in [2.05, 4.69) is 0 Å². The summed E-state index contributed by atoms with van der Waals surface area (Å²) >= 11 is 1.58. The van der Waals surface area contributed by atoms with Gasteiger partial charge in [-0.3, -0.25) is 9.59 Å². The quantitative estimate of drug-likeness (QED) is 0.638. The third-order valence-corrected chi connectivity index (χ3v) is 4.13. The highest BCUT2D eigenvalue weighted by atomic mass is 32.2. The van der Waals surface area contributed by atoms with Gasteiger partial charge in [0.25, 0.3) is 11.8 Å². The predicted molar refractivity (Wildman–Crippen MR) is 80.4 cm³/mol. The first-order valence-corrected chi connectivity index (χ1v) is 7.42. The molecule has 2 aromatic rings. The summed E-state index contributed by atoms with van der Waals surface area (Å²) in [5.41, 5.74) is 1.65. The smallest absolute Gasteiger partial charge is 0.267 e.